The van der Waals surface area contributed by atoms with Crippen LogP contribution in [-0.2, 0) is 9.53 Å². The fourth-order valence-corrected chi connectivity index (χ4v) is 4.54. The molecule has 3 rings (SSSR count). The Morgan fingerprint density at radius 3 is 2.87 bits per heavy atom. The maximum Gasteiger partial charge on any atom is 0.252 e. The number of likely N-dealkylation sites (tertiary alicyclic amines) is 1. The quantitative estimate of drug-likeness (QED) is 0.898. The van der Waals surface area contributed by atoms with E-state index in [1.807, 2.05) is 21.7 Å². The number of methoxy groups -OCH3 is 1. The number of rotatable bonds is 5. The van der Waals surface area contributed by atoms with E-state index in [0.29, 0.717) is 19.6 Å². The Bertz CT molecular complexity index is 550. The lowest BCUT2D eigenvalue weighted by atomic mass is 9.77. The molecule has 6 heteroatoms. The van der Waals surface area contributed by atoms with Gasteiger partial charge in [0.25, 0.3) is 5.91 Å². The number of carbonyl (C=O) groups excluding carboxylic acids is 2. The largest absolute Gasteiger partial charge is 0.383 e. The van der Waals surface area contributed by atoms with Crippen molar-refractivity contribution in [2.75, 3.05) is 20.3 Å². The molecule has 1 aromatic rings. The zero-order valence-electron chi connectivity index (χ0n) is 13.5. The monoisotopic (exact) mass is 336 g/mol. The molecule has 2 fully saturated rings. The normalized spacial score (nSPS) is 27.6. The smallest absolute Gasteiger partial charge is 0.252 e. The molecule has 1 saturated heterocycles. The first-order valence-corrected chi connectivity index (χ1v) is 9.21. The van der Waals surface area contributed by atoms with Gasteiger partial charge in [0.1, 0.15) is 0 Å². The average Bonchev–Trinajstić information content (AvgIpc) is 3.18. The minimum Gasteiger partial charge on any atom is -0.383 e. The van der Waals surface area contributed by atoms with Crippen molar-refractivity contribution in [3.05, 3.63) is 22.4 Å². The number of nitrogens with one attached hydrogen (secondary N) is 1. The first-order valence-electron chi connectivity index (χ1n) is 8.27. The zero-order valence-corrected chi connectivity index (χ0v) is 14.4. The van der Waals surface area contributed by atoms with Gasteiger partial charge in [0.2, 0.25) is 5.91 Å². The highest BCUT2D eigenvalue weighted by Gasteiger charge is 2.46. The minimum absolute atomic E-state index is 0.000772. The second-order valence-electron chi connectivity index (χ2n) is 6.52. The Hall–Kier alpha value is -1.40. The van der Waals surface area contributed by atoms with Crippen LogP contribution in [0.3, 0.4) is 0 Å². The van der Waals surface area contributed by atoms with Gasteiger partial charge in [-0.1, -0.05) is 0 Å². The molecule has 2 heterocycles. The van der Waals surface area contributed by atoms with Gasteiger partial charge in [-0.3, -0.25) is 9.59 Å². The third-order valence-corrected chi connectivity index (χ3v) is 5.92. The molecule has 0 radical (unpaired) electrons. The van der Waals surface area contributed by atoms with Crippen molar-refractivity contribution >= 4 is 23.2 Å². The van der Waals surface area contributed by atoms with Crippen LogP contribution in [-0.4, -0.2) is 48.6 Å². The Kier molecular flexibility index (Phi) is 5.02. The van der Waals surface area contributed by atoms with Crippen molar-refractivity contribution < 1.29 is 14.3 Å². The molecule has 1 saturated carbocycles. The summed E-state index contributed by atoms with van der Waals surface area (Å²) in [5.41, 5.74) is 0.743. The minimum atomic E-state index is -0.000772. The molecule has 2 aliphatic rings. The van der Waals surface area contributed by atoms with E-state index >= 15 is 0 Å². The molecule has 1 aliphatic carbocycles. The number of amides is 2. The number of hydrogen-bond acceptors (Lipinski definition) is 4. The van der Waals surface area contributed by atoms with Crippen LogP contribution in [0.15, 0.2) is 16.8 Å². The van der Waals surface area contributed by atoms with Crippen molar-refractivity contribution in [1.82, 2.24) is 10.2 Å². The van der Waals surface area contributed by atoms with Crippen molar-refractivity contribution in [3.63, 3.8) is 0 Å². The second-order valence-corrected chi connectivity index (χ2v) is 7.30. The molecule has 2 amide bonds. The Morgan fingerprint density at radius 1 is 1.43 bits per heavy atom. The van der Waals surface area contributed by atoms with E-state index in [1.165, 1.54) is 11.3 Å². The third kappa shape index (κ3) is 3.43. The van der Waals surface area contributed by atoms with Gasteiger partial charge in [-0.25, -0.2) is 0 Å². The van der Waals surface area contributed by atoms with Crippen LogP contribution in [0, 0.1) is 0 Å². The number of nitrogens with zero attached hydrogens (tertiary/aromatic N) is 1. The van der Waals surface area contributed by atoms with Crippen LogP contribution < -0.4 is 5.32 Å². The molecule has 23 heavy (non-hydrogen) atoms. The number of carbonyl (C=O) groups is 2. The first kappa shape index (κ1) is 16.5. The molecular formula is C17H24N2O3S. The summed E-state index contributed by atoms with van der Waals surface area (Å²) in [4.78, 5) is 26.4. The highest BCUT2D eigenvalue weighted by atomic mass is 32.1. The molecule has 1 aromatic heterocycles. The molecule has 126 valence electrons. The van der Waals surface area contributed by atoms with Gasteiger partial charge in [0.05, 0.1) is 6.61 Å². The summed E-state index contributed by atoms with van der Waals surface area (Å²) in [5.74, 6) is 0.272. The van der Waals surface area contributed by atoms with Crippen LogP contribution in [0.1, 0.15) is 48.9 Å². The second kappa shape index (κ2) is 7.01. The molecule has 5 nitrogen and oxygen atoms in total. The van der Waals surface area contributed by atoms with E-state index in [-0.39, 0.29) is 23.4 Å². The summed E-state index contributed by atoms with van der Waals surface area (Å²) in [6.45, 7) is 1.27. The Balaban J connectivity index is 1.57. The number of thiophene rings is 1. The summed E-state index contributed by atoms with van der Waals surface area (Å²) < 4.78 is 5.15. The van der Waals surface area contributed by atoms with Crippen molar-refractivity contribution in [1.29, 1.82) is 0 Å². The summed E-state index contributed by atoms with van der Waals surface area (Å²) in [6, 6.07) is 2.07. The van der Waals surface area contributed by atoms with E-state index in [4.69, 9.17) is 4.74 Å². The zero-order chi connectivity index (χ0) is 16.3. The van der Waals surface area contributed by atoms with Gasteiger partial charge in [-0.05, 0) is 43.6 Å². The van der Waals surface area contributed by atoms with Crippen molar-refractivity contribution in [2.24, 2.45) is 0 Å². The van der Waals surface area contributed by atoms with Crippen LogP contribution in [0.2, 0.25) is 0 Å². The van der Waals surface area contributed by atoms with Gasteiger partial charge >= 0.3 is 0 Å². The standard InChI is InChI=1S/C17H24N2O3S/c1-22-10-9-19-15(20)4-8-17(19)6-2-14(3-7-17)18-16(21)13-5-11-23-12-13/h5,11-12,14H,2-4,6-10H2,1H3,(H,18,21). The summed E-state index contributed by atoms with van der Waals surface area (Å²) in [5, 5.41) is 6.93. The third-order valence-electron chi connectivity index (χ3n) is 5.23. The van der Waals surface area contributed by atoms with Crippen molar-refractivity contribution in [2.45, 2.75) is 50.1 Å². The van der Waals surface area contributed by atoms with Gasteiger partial charge in [-0.15, -0.1) is 0 Å². The van der Waals surface area contributed by atoms with Crippen LogP contribution in [0.5, 0.6) is 0 Å². The van der Waals surface area contributed by atoms with Crippen LogP contribution >= 0.6 is 11.3 Å². The predicted molar refractivity (Wildman–Crippen MR) is 89.6 cm³/mol. The highest BCUT2D eigenvalue weighted by molar-refractivity contribution is 7.08. The molecule has 0 bridgehead atoms. The van der Waals surface area contributed by atoms with Crippen LogP contribution in [0.25, 0.3) is 0 Å². The lowest BCUT2D eigenvalue weighted by Gasteiger charge is -2.44. The Labute approximate surface area is 141 Å². The molecule has 0 unspecified atom stereocenters. The van der Waals surface area contributed by atoms with E-state index in [1.54, 1.807) is 7.11 Å². The van der Waals surface area contributed by atoms with Gasteiger partial charge < -0.3 is 15.0 Å². The summed E-state index contributed by atoms with van der Waals surface area (Å²) >= 11 is 1.54. The van der Waals surface area contributed by atoms with Crippen molar-refractivity contribution in [3.8, 4) is 0 Å². The summed E-state index contributed by atoms with van der Waals surface area (Å²) in [7, 11) is 1.67. The summed E-state index contributed by atoms with van der Waals surface area (Å²) in [6.07, 6.45) is 5.41. The number of hydrogen-bond donors (Lipinski definition) is 1. The molecule has 1 N–H and O–H groups in total. The average molecular weight is 336 g/mol. The van der Waals surface area contributed by atoms with Gasteiger partial charge in [0.15, 0.2) is 0 Å². The maximum atomic E-state index is 12.2. The lowest BCUT2D eigenvalue weighted by molar-refractivity contribution is -0.133. The highest BCUT2D eigenvalue weighted by Crippen LogP contribution is 2.42. The van der Waals surface area contributed by atoms with E-state index < -0.39 is 0 Å². The number of ether oxygens (including phenoxy) is 1. The molecular weight excluding hydrogens is 312 g/mol. The molecule has 0 aromatic carbocycles. The fourth-order valence-electron chi connectivity index (χ4n) is 3.90. The first-order chi connectivity index (χ1) is 11.1. The van der Waals surface area contributed by atoms with Gasteiger partial charge in [0, 0.05) is 42.6 Å². The van der Waals surface area contributed by atoms with Gasteiger partial charge in [-0.2, -0.15) is 11.3 Å². The SMILES string of the molecule is COCCN1C(=O)CCC12CCC(NC(=O)c1ccsc1)CC2. The van der Waals surface area contributed by atoms with E-state index in [0.717, 1.165) is 37.7 Å². The topological polar surface area (TPSA) is 58.6 Å². The van der Waals surface area contributed by atoms with Crippen LogP contribution in [0.4, 0.5) is 0 Å². The Morgan fingerprint density at radius 2 is 2.22 bits per heavy atom. The van der Waals surface area contributed by atoms with E-state index in [2.05, 4.69) is 5.32 Å². The molecule has 1 aliphatic heterocycles. The molecule has 0 atom stereocenters. The van der Waals surface area contributed by atoms with E-state index in [9.17, 15) is 9.59 Å². The fraction of sp³-hybridized carbons (Fsp3) is 0.647. The predicted octanol–water partition coefficient (Wildman–Crippen LogP) is 2.43. The lowest BCUT2D eigenvalue weighted by Crippen LogP contribution is -2.52. The maximum absolute atomic E-state index is 12.2. The molecule has 1 spiro atoms.